The molecule has 0 bridgehead atoms. The minimum absolute atomic E-state index is 0.0224. The first-order chi connectivity index (χ1) is 18.5. The van der Waals surface area contributed by atoms with Crippen LogP contribution in [-0.4, -0.2) is 71.7 Å². The number of aliphatic hydroxyl groups excluding tert-OH is 1. The molecular formula is C29H36FN7O. The Kier molecular flexibility index (Phi) is 8.23. The topological polar surface area (TPSA) is 106 Å². The maximum Gasteiger partial charge on any atom is 0.149 e. The monoisotopic (exact) mass is 517 g/mol. The van der Waals surface area contributed by atoms with Crippen LogP contribution in [0.4, 0.5) is 15.9 Å². The lowest BCUT2D eigenvalue weighted by atomic mass is 9.86. The second-order valence-corrected chi connectivity index (χ2v) is 10.4. The van der Waals surface area contributed by atoms with Crippen molar-refractivity contribution in [2.45, 2.75) is 31.7 Å². The first-order valence-electron chi connectivity index (χ1n) is 13.5. The molecule has 200 valence electrons. The van der Waals surface area contributed by atoms with E-state index in [-0.39, 0.29) is 18.2 Å². The third-order valence-electron chi connectivity index (χ3n) is 7.72. The molecule has 0 radical (unpaired) electrons. The van der Waals surface area contributed by atoms with Crippen molar-refractivity contribution in [3.63, 3.8) is 0 Å². The number of piperazine rings is 1. The Balaban J connectivity index is 1.43. The van der Waals surface area contributed by atoms with Crippen molar-refractivity contribution in [2.75, 3.05) is 56.1 Å². The lowest BCUT2D eigenvalue weighted by molar-refractivity contribution is 0.189. The van der Waals surface area contributed by atoms with Gasteiger partial charge in [-0.3, -0.25) is 4.90 Å². The van der Waals surface area contributed by atoms with E-state index in [4.69, 9.17) is 10.8 Å². The minimum atomic E-state index is -0.544. The Morgan fingerprint density at radius 2 is 1.89 bits per heavy atom. The van der Waals surface area contributed by atoms with Crippen LogP contribution in [0.25, 0.3) is 16.9 Å². The van der Waals surface area contributed by atoms with Gasteiger partial charge in [0.15, 0.2) is 0 Å². The number of rotatable bonds is 8. The Labute approximate surface area is 223 Å². The molecule has 1 saturated heterocycles. The van der Waals surface area contributed by atoms with Gasteiger partial charge in [0, 0.05) is 62.6 Å². The number of nitrogens with zero attached hydrogens (tertiary/aromatic N) is 5. The fourth-order valence-electron chi connectivity index (χ4n) is 5.59. The average Bonchev–Trinajstić information content (AvgIpc) is 3.37. The van der Waals surface area contributed by atoms with Gasteiger partial charge < -0.3 is 21.1 Å². The van der Waals surface area contributed by atoms with Gasteiger partial charge in [-0.15, -0.1) is 5.10 Å². The molecule has 8 nitrogen and oxygen atoms in total. The van der Waals surface area contributed by atoms with Crippen LogP contribution in [0, 0.1) is 23.1 Å². The molecular weight excluding hydrogens is 481 g/mol. The van der Waals surface area contributed by atoms with Crippen molar-refractivity contribution in [1.82, 2.24) is 14.7 Å². The summed E-state index contributed by atoms with van der Waals surface area (Å²) in [5.74, 6) is 0.692. The van der Waals surface area contributed by atoms with E-state index in [1.165, 1.54) is 12.1 Å². The molecule has 2 aliphatic rings. The normalized spacial score (nSPS) is 20.3. The Morgan fingerprint density at radius 3 is 2.63 bits per heavy atom. The zero-order chi connectivity index (χ0) is 26.5. The van der Waals surface area contributed by atoms with Gasteiger partial charge in [0.05, 0.1) is 23.6 Å². The van der Waals surface area contributed by atoms with Crippen LogP contribution in [0.2, 0.25) is 0 Å². The molecule has 0 spiro atoms. The predicted molar refractivity (Wildman–Crippen MR) is 148 cm³/mol. The van der Waals surface area contributed by atoms with Crippen molar-refractivity contribution in [1.29, 1.82) is 5.26 Å². The average molecular weight is 518 g/mol. The first-order valence-corrected chi connectivity index (χ1v) is 13.5. The summed E-state index contributed by atoms with van der Waals surface area (Å²) in [6.07, 6.45) is 4.41. The molecule has 1 aliphatic carbocycles. The lowest BCUT2D eigenvalue weighted by Crippen LogP contribution is -2.47. The highest BCUT2D eigenvalue weighted by atomic mass is 19.1. The van der Waals surface area contributed by atoms with E-state index < -0.39 is 5.82 Å². The molecule has 38 heavy (non-hydrogen) atoms. The Hall–Kier alpha value is -3.45. The molecule has 9 heteroatoms. The van der Waals surface area contributed by atoms with E-state index in [1.807, 2.05) is 29.0 Å². The molecule has 2 heterocycles. The van der Waals surface area contributed by atoms with Crippen molar-refractivity contribution < 1.29 is 9.50 Å². The number of nitriles is 1. The van der Waals surface area contributed by atoms with Gasteiger partial charge in [0.25, 0.3) is 0 Å². The van der Waals surface area contributed by atoms with E-state index in [2.05, 4.69) is 27.2 Å². The molecule has 2 aromatic carbocycles. The van der Waals surface area contributed by atoms with Crippen molar-refractivity contribution in [3.05, 3.63) is 59.9 Å². The van der Waals surface area contributed by atoms with Crippen LogP contribution in [0.1, 0.15) is 31.2 Å². The summed E-state index contributed by atoms with van der Waals surface area (Å²) in [6, 6.07) is 17.0. The molecule has 2 fully saturated rings. The standard InChI is InChI=1S/C29H36FN7O/c30-27-16-22(7-8-23(27)19-31)28-18-29(33-20-21-3-1-4-24(32)15-21)34-37(28)26-6-2-5-25(17-26)36-11-9-35(10-12-36)13-14-38/h2,5-8,16-18,21,24,38H,1,3-4,9-15,20,32H2,(H,33,34)/t21-,24-/m0/s1. The van der Waals surface area contributed by atoms with Gasteiger partial charge in [-0.2, -0.15) is 5.26 Å². The Bertz CT molecular complexity index is 1280. The maximum atomic E-state index is 14.6. The highest BCUT2D eigenvalue weighted by molar-refractivity contribution is 5.68. The number of aromatic nitrogens is 2. The number of hydrogen-bond acceptors (Lipinski definition) is 7. The van der Waals surface area contributed by atoms with Crippen LogP contribution in [0.5, 0.6) is 0 Å². The molecule has 4 N–H and O–H groups in total. The van der Waals surface area contributed by atoms with Crippen molar-refractivity contribution >= 4 is 11.5 Å². The number of nitrogens with one attached hydrogen (secondary N) is 1. The first kappa shape index (κ1) is 26.2. The fraction of sp³-hybridized carbons (Fsp3) is 0.448. The van der Waals surface area contributed by atoms with Gasteiger partial charge in [0.1, 0.15) is 17.7 Å². The minimum Gasteiger partial charge on any atom is -0.395 e. The van der Waals surface area contributed by atoms with Gasteiger partial charge in [-0.1, -0.05) is 18.6 Å². The second-order valence-electron chi connectivity index (χ2n) is 10.4. The predicted octanol–water partition coefficient (Wildman–Crippen LogP) is 3.59. The number of benzene rings is 2. The van der Waals surface area contributed by atoms with E-state index >= 15 is 0 Å². The second kappa shape index (κ2) is 11.9. The van der Waals surface area contributed by atoms with Gasteiger partial charge in [-0.05, 0) is 55.5 Å². The van der Waals surface area contributed by atoms with Gasteiger partial charge in [0.2, 0.25) is 0 Å². The van der Waals surface area contributed by atoms with Crippen LogP contribution < -0.4 is 16.0 Å². The zero-order valence-electron chi connectivity index (χ0n) is 21.7. The van der Waals surface area contributed by atoms with Crippen LogP contribution in [-0.2, 0) is 0 Å². The molecule has 1 saturated carbocycles. The highest BCUT2D eigenvalue weighted by Gasteiger charge is 2.21. The quantitative estimate of drug-likeness (QED) is 0.419. The number of β-amino-alcohol motifs (C(OH)–C–C–N with tert-alkyl or cyclic N) is 1. The number of aliphatic hydroxyl groups is 1. The zero-order valence-corrected chi connectivity index (χ0v) is 21.7. The molecule has 3 aromatic rings. The SMILES string of the molecule is N#Cc1ccc(-c2cc(NC[C@H]3CCC[C@H](N)C3)nn2-c2cccc(N3CCN(CCO)CC3)c2)cc1F. The van der Waals surface area contributed by atoms with Gasteiger partial charge in [-0.25, -0.2) is 9.07 Å². The van der Waals surface area contributed by atoms with Crippen molar-refractivity contribution in [2.24, 2.45) is 11.7 Å². The number of nitrogens with two attached hydrogens (primary N) is 1. The summed E-state index contributed by atoms with van der Waals surface area (Å²) >= 11 is 0. The van der Waals surface area contributed by atoms with E-state index in [1.54, 1.807) is 6.07 Å². The molecule has 1 aliphatic heterocycles. The molecule has 0 amide bonds. The summed E-state index contributed by atoms with van der Waals surface area (Å²) in [5, 5.41) is 26.8. The highest BCUT2D eigenvalue weighted by Crippen LogP contribution is 2.30. The van der Waals surface area contributed by atoms with Crippen molar-refractivity contribution in [3.8, 4) is 23.0 Å². The molecule has 1 aromatic heterocycles. The third-order valence-corrected chi connectivity index (χ3v) is 7.72. The summed E-state index contributed by atoms with van der Waals surface area (Å²) in [5.41, 5.74) is 9.60. The lowest BCUT2D eigenvalue weighted by Gasteiger charge is -2.36. The largest absolute Gasteiger partial charge is 0.395 e. The number of halogens is 1. The van der Waals surface area contributed by atoms with E-state index in [0.29, 0.717) is 18.0 Å². The number of hydrogen-bond donors (Lipinski definition) is 3. The Morgan fingerprint density at radius 1 is 1.08 bits per heavy atom. The summed E-state index contributed by atoms with van der Waals surface area (Å²) in [6.45, 7) is 5.25. The summed E-state index contributed by atoms with van der Waals surface area (Å²) in [4.78, 5) is 4.61. The molecule has 0 unspecified atom stereocenters. The third kappa shape index (κ3) is 5.99. The summed E-state index contributed by atoms with van der Waals surface area (Å²) < 4.78 is 16.4. The fourth-order valence-corrected chi connectivity index (χ4v) is 5.59. The summed E-state index contributed by atoms with van der Waals surface area (Å²) in [7, 11) is 0. The van der Waals surface area contributed by atoms with Crippen LogP contribution >= 0.6 is 0 Å². The van der Waals surface area contributed by atoms with Crippen LogP contribution in [0.3, 0.4) is 0 Å². The smallest absolute Gasteiger partial charge is 0.149 e. The van der Waals surface area contributed by atoms with Crippen LogP contribution in [0.15, 0.2) is 48.5 Å². The maximum absolute atomic E-state index is 14.6. The molecule has 5 rings (SSSR count). The number of anilines is 2. The molecule has 2 atom stereocenters. The van der Waals surface area contributed by atoms with E-state index in [9.17, 15) is 14.8 Å². The van der Waals surface area contributed by atoms with E-state index in [0.717, 1.165) is 81.3 Å². The van der Waals surface area contributed by atoms with Gasteiger partial charge >= 0.3 is 0 Å².